The van der Waals surface area contributed by atoms with Gasteiger partial charge in [0.15, 0.2) is 0 Å². The summed E-state index contributed by atoms with van der Waals surface area (Å²) < 4.78 is 6.98. The lowest BCUT2D eigenvalue weighted by atomic mass is 9.95. The number of halogens is 1. The van der Waals surface area contributed by atoms with Crippen LogP contribution in [0.2, 0.25) is 0 Å². The zero-order valence-corrected chi connectivity index (χ0v) is 14.9. The molecule has 0 aromatic heterocycles. The van der Waals surface area contributed by atoms with E-state index in [0.717, 1.165) is 29.7 Å². The van der Waals surface area contributed by atoms with E-state index in [0.29, 0.717) is 16.7 Å². The van der Waals surface area contributed by atoms with Crippen molar-refractivity contribution in [2.45, 2.75) is 46.6 Å². The molecule has 1 aromatic rings. The molecule has 116 valence electrons. The third-order valence-electron chi connectivity index (χ3n) is 6.01. The van der Waals surface area contributed by atoms with Crippen LogP contribution in [0, 0.1) is 16.7 Å². The summed E-state index contributed by atoms with van der Waals surface area (Å²) in [5, 5.41) is 0. The van der Waals surface area contributed by atoms with Crippen LogP contribution in [-0.4, -0.2) is 12.6 Å². The molecule has 0 spiro atoms. The molecule has 1 aliphatic carbocycles. The number of nitrogens with one attached hydrogen (secondary N) is 1. The first kappa shape index (κ1) is 15.3. The number of rotatable bonds is 4. The Morgan fingerprint density at radius 2 is 2.00 bits per heavy atom. The van der Waals surface area contributed by atoms with E-state index >= 15 is 0 Å². The minimum atomic E-state index is 0.276. The van der Waals surface area contributed by atoms with Crippen LogP contribution >= 0.6 is 15.9 Å². The Morgan fingerprint density at radius 1 is 1.33 bits per heavy atom. The van der Waals surface area contributed by atoms with Gasteiger partial charge >= 0.3 is 0 Å². The number of hydrogen-bond acceptors (Lipinski definition) is 3. The first-order chi connectivity index (χ1) is 9.79. The molecule has 0 bridgehead atoms. The quantitative estimate of drug-likeness (QED) is 0.644. The molecule has 0 radical (unpaired) electrons. The fraction of sp³-hybridized carbons (Fsp3) is 0.647. The van der Waals surface area contributed by atoms with Gasteiger partial charge < -0.3 is 4.74 Å². The van der Waals surface area contributed by atoms with Crippen molar-refractivity contribution in [2.24, 2.45) is 22.6 Å². The molecule has 1 saturated carbocycles. The van der Waals surface area contributed by atoms with Crippen LogP contribution in [0.5, 0.6) is 5.75 Å². The number of ether oxygens (including phenoxy) is 1. The first-order valence-electron chi connectivity index (χ1n) is 7.69. The molecule has 0 amide bonds. The van der Waals surface area contributed by atoms with Crippen molar-refractivity contribution >= 4 is 15.9 Å². The van der Waals surface area contributed by atoms with Crippen LogP contribution in [0.4, 0.5) is 0 Å². The van der Waals surface area contributed by atoms with Crippen molar-refractivity contribution in [3.05, 3.63) is 27.7 Å². The molecular weight excluding hydrogens is 328 g/mol. The van der Waals surface area contributed by atoms with E-state index in [1.54, 1.807) is 0 Å². The molecule has 1 fully saturated rings. The highest BCUT2D eigenvalue weighted by atomic mass is 79.9. The Hall–Kier alpha value is -0.580. The van der Waals surface area contributed by atoms with E-state index in [1.165, 1.54) is 11.1 Å². The van der Waals surface area contributed by atoms with Gasteiger partial charge in [-0.05, 0) is 46.4 Å². The van der Waals surface area contributed by atoms with Gasteiger partial charge in [-0.1, -0.05) is 43.6 Å². The predicted molar refractivity (Wildman–Crippen MR) is 89.2 cm³/mol. The van der Waals surface area contributed by atoms with Gasteiger partial charge in [-0.15, -0.1) is 0 Å². The number of benzene rings is 1. The molecule has 1 heterocycles. The maximum Gasteiger partial charge on any atom is 0.125 e. The van der Waals surface area contributed by atoms with Crippen molar-refractivity contribution in [1.82, 2.24) is 5.43 Å². The Morgan fingerprint density at radius 3 is 2.57 bits per heavy atom. The third-order valence-corrected chi connectivity index (χ3v) is 6.47. The summed E-state index contributed by atoms with van der Waals surface area (Å²) in [6.07, 6.45) is 1.92. The minimum Gasteiger partial charge on any atom is -0.493 e. The number of hydrogen-bond donors (Lipinski definition) is 2. The highest BCUT2D eigenvalue weighted by Gasteiger charge is 2.66. The monoisotopic (exact) mass is 352 g/mol. The summed E-state index contributed by atoms with van der Waals surface area (Å²) in [5.74, 6) is 7.54. The van der Waals surface area contributed by atoms with Crippen LogP contribution in [0.25, 0.3) is 0 Å². The van der Waals surface area contributed by atoms with Crippen molar-refractivity contribution in [1.29, 1.82) is 0 Å². The molecule has 1 unspecified atom stereocenters. The average Bonchev–Trinajstić information content (AvgIpc) is 2.75. The van der Waals surface area contributed by atoms with Crippen LogP contribution in [0.15, 0.2) is 16.6 Å². The zero-order valence-electron chi connectivity index (χ0n) is 13.3. The fourth-order valence-corrected chi connectivity index (χ4v) is 4.81. The largest absolute Gasteiger partial charge is 0.493 e. The minimum absolute atomic E-state index is 0.276. The van der Waals surface area contributed by atoms with Gasteiger partial charge in [0.25, 0.3) is 0 Å². The van der Waals surface area contributed by atoms with Gasteiger partial charge in [-0.2, -0.15) is 0 Å². The van der Waals surface area contributed by atoms with Gasteiger partial charge in [-0.3, -0.25) is 11.3 Å². The summed E-state index contributed by atoms with van der Waals surface area (Å²) >= 11 is 3.62. The molecule has 1 aliphatic heterocycles. The molecule has 3 rings (SSSR count). The van der Waals surface area contributed by atoms with E-state index in [-0.39, 0.29) is 6.04 Å². The zero-order chi connectivity index (χ0) is 15.4. The highest BCUT2D eigenvalue weighted by Crippen LogP contribution is 2.69. The average molecular weight is 353 g/mol. The molecule has 3 nitrogen and oxygen atoms in total. The summed E-state index contributed by atoms with van der Waals surface area (Å²) in [7, 11) is 0. The molecule has 4 heteroatoms. The Bertz CT molecular complexity index is 554. The Kier molecular flexibility index (Phi) is 3.62. The molecule has 0 saturated heterocycles. The lowest BCUT2D eigenvalue weighted by Gasteiger charge is -2.20. The molecular formula is C17H25BrN2O. The Balaban J connectivity index is 1.87. The maximum absolute atomic E-state index is 5.88. The second-order valence-corrected chi connectivity index (χ2v) is 8.47. The maximum atomic E-state index is 5.88. The number of nitrogens with two attached hydrogens (primary N) is 1. The second kappa shape index (κ2) is 4.97. The third kappa shape index (κ3) is 2.32. The van der Waals surface area contributed by atoms with Gasteiger partial charge in [-0.25, -0.2) is 0 Å². The summed E-state index contributed by atoms with van der Waals surface area (Å²) in [6.45, 7) is 10.1. The summed E-state index contributed by atoms with van der Waals surface area (Å²) in [4.78, 5) is 0. The molecule has 1 atom stereocenters. The topological polar surface area (TPSA) is 47.3 Å². The fourth-order valence-electron chi connectivity index (χ4n) is 4.26. The lowest BCUT2D eigenvalue weighted by molar-refractivity contribution is 0.346. The predicted octanol–water partition coefficient (Wildman–Crippen LogP) is 3.44. The lowest BCUT2D eigenvalue weighted by Crippen LogP contribution is -2.40. The van der Waals surface area contributed by atoms with Crippen LogP contribution in [-0.2, 0) is 12.8 Å². The standard InChI is InChI=1S/C17H25BrN2O/c1-16(2)15(17(16,3)4)13(20-19)9-11-8-12(18)7-10-5-6-21-14(10)11/h7-8,13,15,20H,5-6,9,19H2,1-4H3. The van der Waals surface area contributed by atoms with E-state index in [9.17, 15) is 0 Å². The SMILES string of the molecule is CC1(C)C(C(Cc2cc(Br)cc3c2OCC3)NN)C1(C)C. The van der Waals surface area contributed by atoms with Crippen LogP contribution in [0.1, 0.15) is 38.8 Å². The Labute approximate surface area is 135 Å². The number of fused-ring (bicyclic) bond motifs is 1. The van der Waals surface area contributed by atoms with Crippen molar-refractivity contribution in [3.63, 3.8) is 0 Å². The second-order valence-electron chi connectivity index (χ2n) is 7.55. The smallest absolute Gasteiger partial charge is 0.125 e. The molecule has 3 N–H and O–H groups in total. The van der Waals surface area contributed by atoms with Gasteiger partial charge in [0.1, 0.15) is 5.75 Å². The number of hydrazine groups is 1. The van der Waals surface area contributed by atoms with E-state index in [1.807, 2.05) is 0 Å². The molecule has 2 aliphatic rings. The van der Waals surface area contributed by atoms with Crippen molar-refractivity contribution < 1.29 is 4.74 Å². The van der Waals surface area contributed by atoms with E-state index < -0.39 is 0 Å². The summed E-state index contributed by atoms with van der Waals surface area (Å²) in [5.41, 5.74) is 6.27. The molecule has 21 heavy (non-hydrogen) atoms. The van der Waals surface area contributed by atoms with Crippen LogP contribution in [0.3, 0.4) is 0 Å². The van der Waals surface area contributed by atoms with E-state index in [2.05, 4.69) is 61.2 Å². The summed E-state index contributed by atoms with van der Waals surface area (Å²) in [6, 6.07) is 4.62. The van der Waals surface area contributed by atoms with Gasteiger partial charge in [0.2, 0.25) is 0 Å². The highest BCUT2D eigenvalue weighted by molar-refractivity contribution is 9.10. The van der Waals surface area contributed by atoms with Crippen molar-refractivity contribution in [2.75, 3.05) is 6.61 Å². The van der Waals surface area contributed by atoms with Gasteiger partial charge in [0.05, 0.1) is 6.61 Å². The van der Waals surface area contributed by atoms with Crippen LogP contribution < -0.4 is 16.0 Å². The van der Waals surface area contributed by atoms with Crippen molar-refractivity contribution in [3.8, 4) is 5.75 Å². The normalized spacial score (nSPS) is 23.5. The van der Waals surface area contributed by atoms with E-state index in [4.69, 9.17) is 10.6 Å². The first-order valence-corrected chi connectivity index (χ1v) is 8.48. The molecule has 1 aromatic carbocycles. The van der Waals surface area contributed by atoms with Gasteiger partial charge in [0, 0.05) is 16.9 Å².